The predicted octanol–water partition coefficient (Wildman–Crippen LogP) is 3.63. The number of nitrogens with zero attached hydrogens (tertiary/aromatic N) is 3. The number of aliphatic hydroxyl groups is 1. The van der Waals surface area contributed by atoms with Gasteiger partial charge in [0, 0.05) is 44.1 Å². The number of likely N-dealkylation sites (tertiary alicyclic amines) is 1. The van der Waals surface area contributed by atoms with Gasteiger partial charge < -0.3 is 19.8 Å². The molecule has 0 saturated carbocycles. The standard InChI is InChI=1S/C31H41N3O4S/c1-3-17-32-18-11-15-30(2)24(27(32)36)25-28(37)34(20-9-4-5-10-21-35)26-29(38)33(19-12-16-31(25,26)39-30)22-23-13-7-6-8-14-23/h6-8,11-16,24-26,35H,3-5,9-10,17-22H2,1-2H3/t24-,25-,26?,30+,31-/m0/s1. The summed E-state index contributed by atoms with van der Waals surface area (Å²) in [4.78, 5) is 48.4. The molecular formula is C31H41N3O4S. The fourth-order valence-corrected chi connectivity index (χ4v) is 9.18. The molecule has 1 aromatic carbocycles. The van der Waals surface area contributed by atoms with E-state index in [0.29, 0.717) is 32.7 Å². The minimum absolute atomic E-state index is 0.0295. The lowest BCUT2D eigenvalue weighted by Crippen LogP contribution is -2.53. The molecule has 1 unspecified atom stereocenters. The minimum atomic E-state index is -0.792. The van der Waals surface area contributed by atoms with Crippen molar-refractivity contribution >= 4 is 29.5 Å². The van der Waals surface area contributed by atoms with E-state index in [2.05, 4.69) is 32.1 Å². The molecule has 210 valence electrons. The molecule has 2 saturated heterocycles. The summed E-state index contributed by atoms with van der Waals surface area (Å²) in [6.07, 6.45) is 12.5. The van der Waals surface area contributed by atoms with Crippen LogP contribution in [-0.2, 0) is 20.9 Å². The van der Waals surface area contributed by atoms with Gasteiger partial charge in [-0.3, -0.25) is 14.4 Å². The van der Waals surface area contributed by atoms with Crippen LogP contribution in [0.1, 0.15) is 51.5 Å². The maximum Gasteiger partial charge on any atom is 0.247 e. The number of amides is 3. The summed E-state index contributed by atoms with van der Waals surface area (Å²) in [5.74, 6) is -1.17. The summed E-state index contributed by atoms with van der Waals surface area (Å²) in [6.45, 7) is 6.96. The van der Waals surface area contributed by atoms with Crippen molar-refractivity contribution in [3.05, 3.63) is 60.2 Å². The van der Waals surface area contributed by atoms with Gasteiger partial charge in [0.1, 0.15) is 6.04 Å². The minimum Gasteiger partial charge on any atom is -0.396 e. The van der Waals surface area contributed by atoms with E-state index in [-0.39, 0.29) is 24.3 Å². The summed E-state index contributed by atoms with van der Waals surface area (Å²) in [7, 11) is 0. The van der Waals surface area contributed by atoms with Gasteiger partial charge in [0.05, 0.1) is 16.6 Å². The Hall–Kier alpha value is -2.58. The summed E-state index contributed by atoms with van der Waals surface area (Å²) < 4.78 is -1.36. The smallest absolute Gasteiger partial charge is 0.247 e. The largest absolute Gasteiger partial charge is 0.396 e. The van der Waals surface area contributed by atoms with E-state index in [4.69, 9.17) is 0 Å². The van der Waals surface area contributed by atoms with Gasteiger partial charge >= 0.3 is 0 Å². The van der Waals surface area contributed by atoms with Gasteiger partial charge in [-0.2, -0.15) is 0 Å². The van der Waals surface area contributed by atoms with E-state index in [1.807, 2.05) is 46.2 Å². The Morgan fingerprint density at radius 2 is 1.59 bits per heavy atom. The van der Waals surface area contributed by atoms with Crippen molar-refractivity contribution in [2.45, 2.75) is 68.0 Å². The number of rotatable bonds is 10. The highest BCUT2D eigenvalue weighted by Gasteiger charge is 2.73. The van der Waals surface area contributed by atoms with Crippen LogP contribution in [0.4, 0.5) is 0 Å². The molecule has 0 aromatic heterocycles. The Labute approximate surface area is 236 Å². The van der Waals surface area contributed by atoms with E-state index in [9.17, 15) is 19.5 Å². The molecule has 2 fully saturated rings. The van der Waals surface area contributed by atoms with Crippen LogP contribution < -0.4 is 0 Å². The molecule has 4 aliphatic heterocycles. The van der Waals surface area contributed by atoms with Crippen molar-refractivity contribution in [3.8, 4) is 0 Å². The molecule has 5 atom stereocenters. The van der Waals surface area contributed by atoms with Gasteiger partial charge in [-0.25, -0.2) is 0 Å². The molecule has 1 spiro atoms. The highest BCUT2D eigenvalue weighted by molar-refractivity contribution is 8.02. The second kappa shape index (κ2) is 11.5. The summed E-state index contributed by atoms with van der Waals surface area (Å²) >= 11 is 1.65. The Morgan fingerprint density at radius 3 is 2.33 bits per heavy atom. The number of unbranched alkanes of at least 4 members (excludes halogenated alkanes) is 3. The summed E-state index contributed by atoms with van der Waals surface area (Å²) in [5, 5.41) is 9.17. The number of fused-ring (bicyclic) bond motifs is 2. The zero-order valence-electron chi connectivity index (χ0n) is 23.1. The second-order valence-corrected chi connectivity index (χ2v) is 13.3. The normalized spacial score (nSPS) is 31.8. The number of carbonyl (C=O) groups excluding carboxylic acids is 3. The van der Waals surface area contributed by atoms with Crippen molar-refractivity contribution in [2.24, 2.45) is 11.8 Å². The van der Waals surface area contributed by atoms with Crippen LogP contribution in [-0.4, -0.2) is 85.8 Å². The van der Waals surface area contributed by atoms with Crippen LogP contribution in [0.3, 0.4) is 0 Å². The van der Waals surface area contributed by atoms with E-state index >= 15 is 0 Å². The van der Waals surface area contributed by atoms with E-state index in [1.165, 1.54) is 0 Å². The van der Waals surface area contributed by atoms with Crippen LogP contribution in [0.2, 0.25) is 0 Å². The summed E-state index contributed by atoms with van der Waals surface area (Å²) in [5.41, 5.74) is 1.05. The van der Waals surface area contributed by atoms with E-state index in [1.54, 1.807) is 16.7 Å². The molecule has 8 heteroatoms. The van der Waals surface area contributed by atoms with Crippen LogP contribution in [0, 0.1) is 11.8 Å². The Morgan fingerprint density at radius 1 is 0.872 bits per heavy atom. The number of thioether (sulfide) groups is 1. The average Bonchev–Trinajstić information content (AvgIpc) is 3.20. The number of aliphatic hydroxyl groups excluding tert-OH is 1. The Balaban J connectivity index is 1.52. The van der Waals surface area contributed by atoms with E-state index in [0.717, 1.165) is 37.7 Å². The number of carbonyl (C=O) groups is 3. The maximum absolute atomic E-state index is 14.4. The fourth-order valence-electron chi connectivity index (χ4n) is 7.02. The van der Waals surface area contributed by atoms with Crippen molar-refractivity contribution in [1.82, 2.24) is 14.7 Å². The average molecular weight is 552 g/mol. The van der Waals surface area contributed by atoms with Gasteiger partial charge in [-0.1, -0.05) is 74.4 Å². The van der Waals surface area contributed by atoms with E-state index < -0.39 is 27.4 Å². The molecule has 39 heavy (non-hydrogen) atoms. The van der Waals surface area contributed by atoms with Crippen LogP contribution in [0.15, 0.2) is 54.6 Å². The first kappa shape index (κ1) is 28.0. The lowest BCUT2D eigenvalue weighted by molar-refractivity contribution is -0.145. The highest BCUT2D eigenvalue weighted by Crippen LogP contribution is 2.65. The van der Waals surface area contributed by atoms with Gasteiger partial charge in [0.25, 0.3) is 0 Å². The van der Waals surface area contributed by atoms with Gasteiger partial charge in [-0.05, 0) is 31.7 Å². The molecule has 1 N–H and O–H groups in total. The Bertz CT molecular complexity index is 1140. The van der Waals surface area contributed by atoms with Crippen molar-refractivity contribution < 1.29 is 19.5 Å². The molecule has 0 bridgehead atoms. The maximum atomic E-state index is 14.4. The molecule has 4 heterocycles. The monoisotopic (exact) mass is 551 g/mol. The van der Waals surface area contributed by atoms with Crippen LogP contribution in [0.25, 0.3) is 0 Å². The lowest BCUT2D eigenvalue weighted by Gasteiger charge is -2.37. The Kier molecular flexibility index (Phi) is 8.24. The van der Waals surface area contributed by atoms with Crippen LogP contribution in [0.5, 0.6) is 0 Å². The first-order valence-electron chi connectivity index (χ1n) is 14.4. The molecule has 3 amide bonds. The first-order valence-corrected chi connectivity index (χ1v) is 15.3. The SMILES string of the molecule is CCCN1CC=C[C@@]2(C)S[C@]34C=CCN(Cc5ccccc5)C(=O)C3N(CCCCCCO)C(=O)[C@@H]4[C@H]2C1=O. The number of hydrogen-bond acceptors (Lipinski definition) is 5. The third-order valence-corrected chi connectivity index (χ3v) is 10.5. The molecule has 7 nitrogen and oxygen atoms in total. The number of benzene rings is 1. The van der Waals surface area contributed by atoms with Gasteiger partial charge in [-0.15, -0.1) is 11.8 Å². The van der Waals surface area contributed by atoms with Crippen molar-refractivity contribution in [2.75, 3.05) is 32.8 Å². The zero-order valence-corrected chi connectivity index (χ0v) is 23.9. The van der Waals surface area contributed by atoms with Crippen molar-refractivity contribution in [3.63, 3.8) is 0 Å². The predicted molar refractivity (Wildman–Crippen MR) is 154 cm³/mol. The van der Waals surface area contributed by atoms with Crippen LogP contribution >= 0.6 is 11.8 Å². The quantitative estimate of drug-likeness (QED) is 0.355. The zero-order chi connectivity index (χ0) is 27.6. The molecule has 4 aliphatic rings. The van der Waals surface area contributed by atoms with Crippen molar-refractivity contribution in [1.29, 1.82) is 0 Å². The van der Waals surface area contributed by atoms with Gasteiger partial charge in [0.15, 0.2) is 0 Å². The first-order chi connectivity index (χ1) is 18.9. The topological polar surface area (TPSA) is 81.2 Å². The number of hydrogen-bond donors (Lipinski definition) is 1. The molecule has 0 aliphatic carbocycles. The third-order valence-electron chi connectivity index (χ3n) is 8.74. The molecular weight excluding hydrogens is 510 g/mol. The third kappa shape index (κ3) is 4.95. The second-order valence-electron chi connectivity index (χ2n) is 11.5. The lowest BCUT2D eigenvalue weighted by atomic mass is 9.74. The highest BCUT2D eigenvalue weighted by atomic mass is 32.2. The van der Waals surface area contributed by atoms with Gasteiger partial charge in [0.2, 0.25) is 17.7 Å². The summed E-state index contributed by atoms with van der Waals surface area (Å²) in [6, 6.07) is 9.31. The molecule has 0 radical (unpaired) electrons. The molecule has 5 rings (SSSR count). The molecule has 1 aromatic rings. The fraction of sp³-hybridized carbons (Fsp3) is 0.581.